The summed E-state index contributed by atoms with van der Waals surface area (Å²) in [5, 5.41) is 3.00. The highest BCUT2D eigenvalue weighted by molar-refractivity contribution is 5.94. The van der Waals surface area contributed by atoms with Gasteiger partial charge in [-0.3, -0.25) is 9.36 Å². The lowest BCUT2D eigenvalue weighted by Gasteiger charge is -2.16. The Labute approximate surface area is 141 Å². The SMILES string of the molecule is Cl.Cl.NCC(NC(=O)c1ccnc(-n2ccnc2)c1)C1CC1. The maximum Gasteiger partial charge on any atom is 0.251 e. The monoisotopic (exact) mass is 343 g/mol. The predicted molar refractivity (Wildman–Crippen MR) is 88.9 cm³/mol. The topological polar surface area (TPSA) is 85.8 Å². The Kier molecular flexibility index (Phi) is 6.80. The van der Waals surface area contributed by atoms with E-state index in [0.717, 1.165) is 12.8 Å². The van der Waals surface area contributed by atoms with E-state index in [1.54, 1.807) is 41.6 Å². The van der Waals surface area contributed by atoms with E-state index in [4.69, 9.17) is 5.73 Å². The van der Waals surface area contributed by atoms with Crippen molar-refractivity contribution in [3.8, 4) is 5.82 Å². The number of aromatic nitrogens is 3. The zero-order valence-corrected chi connectivity index (χ0v) is 13.5. The maximum absolute atomic E-state index is 12.2. The first-order valence-corrected chi connectivity index (χ1v) is 6.73. The van der Waals surface area contributed by atoms with Crippen LogP contribution in [0.5, 0.6) is 0 Å². The molecule has 1 unspecified atom stereocenters. The molecule has 1 atom stereocenters. The molecule has 1 saturated carbocycles. The predicted octanol–water partition coefficient (Wildman–Crippen LogP) is 1.58. The second-order valence-electron chi connectivity index (χ2n) is 5.03. The lowest BCUT2D eigenvalue weighted by Crippen LogP contribution is -2.41. The van der Waals surface area contributed by atoms with E-state index in [1.807, 2.05) is 0 Å². The number of carbonyl (C=O) groups excluding carboxylic acids is 1. The summed E-state index contributed by atoms with van der Waals surface area (Å²) in [7, 11) is 0. The van der Waals surface area contributed by atoms with Crippen LogP contribution in [0.2, 0.25) is 0 Å². The Morgan fingerprint density at radius 1 is 1.41 bits per heavy atom. The van der Waals surface area contributed by atoms with Crippen LogP contribution in [-0.4, -0.2) is 33.0 Å². The summed E-state index contributed by atoms with van der Waals surface area (Å²) in [5.74, 6) is 1.11. The Bertz CT molecular complexity index is 601. The number of imidazole rings is 1. The van der Waals surface area contributed by atoms with E-state index in [0.29, 0.717) is 23.8 Å². The smallest absolute Gasteiger partial charge is 0.251 e. The van der Waals surface area contributed by atoms with Crippen LogP contribution in [0.25, 0.3) is 5.82 Å². The van der Waals surface area contributed by atoms with Gasteiger partial charge in [0.25, 0.3) is 5.91 Å². The van der Waals surface area contributed by atoms with Gasteiger partial charge < -0.3 is 11.1 Å². The third-order valence-corrected chi connectivity index (χ3v) is 3.54. The van der Waals surface area contributed by atoms with Gasteiger partial charge in [-0.25, -0.2) is 9.97 Å². The van der Waals surface area contributed by atoms with Gasteiger partial charge in [-0.05, 0) is 30.9 Å². The van der Waals surface area contributed by atoms with Crippen molar-refractivity contribution in [1.82, 2.24) is 19.9 Å². The molecule has 1 aliphatic carbocycles. The summed E-state index contributed by atoms with van der Waals surface area (Å²) in [4.78, 5) is 20.5. The van der Waals surface area contributed by atoms with Crippen molar-refractivity contribution in [2.75, 3.05) is 6.54 Å². The number of halogens is 2. The Morgan fingerprint density at radius 2 is 2.18 bits per heavy atom. The highest BCUT2D eigenvalue weighted by atomic mass is 35.5. The number of rotatable bonds is 5. The Morgan fingerprint density at radius 3 is 2.77 bits per heavy atom. The van der Waals surface area contributed by atoms with Gasteiger partial charge in [0, 0.05) is 36.7 Å². The molecule has 6 nitrogen and oxygen atoms in total. The zero-order chi connectivity index (χ0) is 13.9. The fraction of sp³-hybridized carbons (Fsp3) is 0.357. The molecule has 0 aromatic carbocycles. The van der Waals surface area contributed by atoms with Crippen LogP contribution in [-0.2, 0) is 0 Å². The van der Waals surface area contributed by atoms with Gasteiger partial charge in [0.1, 0.15) is 12.1 Å². The zero-order valence-electron chi connectivity index (χ0n) is 11.9. The van der Waals surface area contributed by atoms with Gasteiger partial charge in [0.2, 0.25) is 0 Å². The minimum Gasteiger partial charge on any atom is -0.348 e. The molecular weight excluding hydrogens is 325 g/mol. The number of carbonyl (C=O) groups is 1. The van der Waals surface area contributed by atoms with Crippen LogP contribution >= 0.6 is 24.8 Å². The average Bonchev–Trinajstić information content (AvgIpc) is 3.18. The van der Waals surface area contributed by atoms with Crippen molar-refractivity contribution in [1.29, 1.82) is 0 Å². The summed E-state index contributed by atoms with van der Waals surface area (Å²) in [6.45, 7) is 0.482. The molecular formula is C14H19Cl2N5O. The molecule has 2 heterocycles. The quantitative estimate of drug-likeness (QED) is 0.862. The maximum atomic E-state index is 12.2. The number of amides is 1. The Balaban J connectivity index is 0.00000121. The number of pyridine rings is 1. The van der Waals surface area contributed by atoms with E-state index in [2.05, 4.69) is 15.3 Å². The highest BCUT2D eigenvalue weighted by Crippen LogP contribution is 2.32. The van der Waals surface area contributed by atoms with Crippen LogP contribution in [0.4, 0.5) is 0 Å². The van der Waals surface area contributed by atoms with Crippen LogP contribution in [0.1, 0.15) is 23.2 Å². The number of hydrogen-bond acceptors (Lipinski definition) is 4. The molecule has 2 aromatic heterocycles. The first-order chi connectivity index (χ1) is 9.78. The van der Waals surface area contributed by atoms with Gasteiger partial charge in [0.05, 0.1) is 0 Å². The van der Waals surface area contributed by atoms with Crippen molar-refractivity contribution in [2.24, 2.45) is 11.7 Å². The van der Waals surface area contributed by atoms with E-state index in [1.165, 1.54) is 0 Å². The van der Waals surface area contributed by atoms with Gasteiger partial charge >= 0.3 is 0 Å². The van der Waals surface area contributed by atoms with Crippen LogP contribution in [0.15, 0.2) is 37.1 Å². The van der Waals surface area contributed by atoms with Gasteiger partial charge in [-0.1, -0.05) is 0 Å². The van der Waals surface area contributed by atoms with Crippen molar-refractivity contribution in [2.45, 2.75) is 18.9 Å². The fourth-order valence-corrected chi connectivity index (χ4v) is 2.22. The highest BCUT2D eigenvalue weighted by Gasteiger charge is 2.31. The summed E-state index contributed by atoms with van der Waals surface area (Å²) >= 11 is 0. The van der Waals surface area contributed by atoms with Gasteiger partial charge in [-0.2, -0.15) is 0 Å². The molecule has 2 aromatic rings. The number of nitrogens with two attached hydrogens (primary N) is 1. The minimum atomic E-state index is -0.101. The summed E-state index contributed by atoms with van der Waals surface area (Å²) in [6, 6.07) is 3.53. The van der Waals surface area contributed by atoms with Gasteiger partial charge in [0.15, 0.2) is 0 Å². The van der Waals surface area contributed by atoms with Crippen LogP contribution in [0, 0.1) is 5.92 Å². The molecule has 0 aliphatic heterocycles. The summed E-state index contributed by atoms with van der Waals surface area (Å²) in [6.07, 6.45) is 9.04. The molecule has 0 radical (unpaired) electrons. The molecule has 0 spiro atoms. The summed E-state index contributed by atoms with van der Waals surface area (Å²) < 4.78 is 1.76. The molecule has 1 aliphatic rings. The molecule has 3 N–H and O–H groups in total. The molecule has 0 saturated heterocycles. The van der Waals surface area contributed by atoms with Crippen molar-refractivity contribution >= 4 is 30.7 Å². The first kappa shape index (κ1) is 18.4. The minimum absolute atomic E-state index is 0. The van der Waals surface area contributed by atoms with Crippen molar-refractivity contribution in [3.63, 3.8) is 0 Å². The Hall–Kier alpha value is -1.63. The molecule has 22 heavy (non-hydrogen) atoms. The molecule has 1 fully saturated rings. The third kappa shape index (κ3) is 4.19. The average molecular weight is 344 g/mol. The van der Waals surface area contributed by atoms with E-state index in [9.17, 15) is 4.79 Å². The lowest BCUT2D eigenvalue weighted by molar-refractivity contribution is 0.0933. The van der Waals surface area contributed by atoms with E-state index in [-0.39, 0.29) is 36.8 Å². The second-order valence-corrected chi connectivity index (χ2v) is 5.03. The number of nitrogens with one attached hydrogen (secondary N) is 1. The molecule has 0 bridgehead atoms. The fourth-order valence-electron chi connectivity index (χ4n) is 2.22. The standard InChI is InChI=1S/C14H17N5O.2ClH/c15-8-12(10-1-2-10)18-14(20)11-3-4-17-13(7-11)19-6-5-16-9-19;;/h3-7,9-10,12H,1-2,8,15H2,(H,18,20);2*1H. The van der Waals surface area contributed by atoms with Crippen LogP contribution in [0.3, 0.4) is 0 Å². The molecule has 120 valence electrons. The molecule has 8 heteroatoms. The third-order valence-electron chi connectivity index (χ3n) is 3.54. The van der Waals surface area contributed by atoms with Crippen molar-refractivity contribution < 1.29 is 4.79 Å². The van der Waals surface area contributed by atoms with Gasteiger partial charge in [-0.15, -0.1) is 24.8 Å². The number of hydrogen-bond donors (Lipinski definition) is 2. The molecule has 1 amide bonds. The lowest BCUT2D eigenvalue weighted by atomic mass is 10.1. The number of nitrogens with zero attached hydrogens (tertiary/aromatic N) is 3. The van der Waals surface area contributed by atoms with Crippen molar-refractivity contribution in [3.05, 3.63) is 42.6 Å². The largest absolute Gasteiger partial charge is 0.348 e. The second kappa shape index (κ2) is 8.12. The first-order valence-electron chi connectivity index (χ1n) is 6.73. The normalized spacial score (nSPS) is 14.4. The van der Waals surface area contributed by atoms with E-state index < -0.39 is 0 Å². The summed E-state index contributed by atoms with van der Waals surface area (Å²) in [5.41, 5.74) is 6.29. The van der Waals surface area contributed by atoms with Crippen LogP contribution < -0.4 is 11.1 Å². The molecule has 3 rings (SSSR count). The van der Waals surface area contributed by atoms with E-state index >= 15 is 0 Å².